The highest BCUT2D eigenvalue weighted by Crippen LogP contribution is 2.06. The molecule has 2 radical (unpaired) electrons. The van der Waals surface area contributed by atoms with Crippen molar-refractivity contribution < 1.29 is 0 Å². The van der Waals surface area contributed by atoms with Crippen molar-refractivity contribution in [3.63, 3.8) is 0 Å². The van der Waals surface area contributed by atoms with E-state index in [2.05, 4.69) is 12.2 Å². The molecule has 0 amide bonds. The molecule has 1 rings (SSSR count). The number of alkyl halides is 1. The molecule has 0 heterocycles. The molecule has 0 bridgehead atoms. The quantitative estimate of drug-likeness (QED) is 0.419. The molecule has 1 atom stereocenters. The summed E-state index contributed by atoms with van der Waals surface area (Å²) < 4.78 is 0. The van der Waals surface area contributed by atoms with Crippen LogP contribution in [0.15, 0.2) is 12.2 Å². The predicted octanol–water partition coefficient (Wildman–Crippen LogP) is 1.72. The zero-order valence-electron chi connectivity index (χ0n) is 3.82. The molecule has 0 saturated carbocycles. The molecule has 0 aromatic rings. The third-order valence-electron chi connectivity index (χ3n) is 0.790. The van der Waals surface area contributed by atoms with Crippen LogP contribution in [0.3, 0.4) is 0 Å². The Labute approximate surface area is 48.5 Å². The molecule has 0 N–H and O–H groups in total. The maximum atomic E-state index is 5.60. The lowest BCUT2D eigenvalue weighted by molar-refractivity contribution is 1.01. The van der Waals surface area contributed by atoms with Crippen LogP contribution in [0.5, 0.6) is 0 Å². The van der Waals surface area contributed by atoms with Crippen molar-refractivity contribution in [1.29, 1.82) is 0 Å². The Morgan fingerprint density at radius 3 is 2.86 bits per heavy atom. The highest BCUT2D eigenvalue weighted by molar-refractivity contribution is 6.21. The Bertz CT molecular complexity index is 103. The molecule has 36 valence electrons. The van der Waals surface area contributed by atoms with Gasteiger partial charge in [-0.2, -0.15) is 0 Å². The van der Waals surface area contributed by atoms with Gasteiger partial charge in [-0.3, -0.25) is 0 Å². The highest BCUT2D eigenvalue weighted by Gasteiger charge is 1.97. The van der Waals surface area contributed by atoms with E-state index in [0.717, 1.165) is 6.42 Å². The molecular weight excluding hydrogens is 108 g/mol. The van der Waals surface area contributed by atoms with E-state index in [-0.39, 0.29) is 5.38 Å². The zero-order chi connectivity index (χ0) is 5.11. The topological polar surface area (TPSA) is 0 Å². The lowest BCUT2D eigenvalue weighted by Crippen LogP contribution is -1.92. The third-order valence-corrected chi connectivity index (χ3v) is 1.09. The van der Waals surface area contributed by atoms with Crippen molar-refractivity contribution in [2.24, 2.45) is 0 Å². The van der Waals surface area contributed by atoms with Gasteiger partial charge in [-0.05, 0) is 24.6 Å². The molecule has 0 saturated heterocycles. The predicted molar refractivity (Wildman–Crippen MR) is 29.9 cm³/mol. The molecule has 7 heavy (non-hydrogen) atoms. The minimum Gasteiger partial charge on any atom is -0.117 e. The van der Waals surface area contributed by atoms with Gasteiger partial charge in [0.2, 0.25) is 0 Å². The highest BCUT2D eigenvalue weighted by atomic mass is 35.5. The van der Waals surface area contributed by atoms with Crippen molar-refractivity contribution in [2.45, 2.75) is 11.8 Å². The Balaban J connectivity index is 2.49. The fourth-order valence-corrected chi connectivity index (χ4v) is 0.589. The minimum absolute atomic E-state index is 0.0845. The van der Waals surface area contributed by atoms with Crippen LogP contribution in [0.4, 0.5) is 0 Å². The first-order valence-corrected chi connectivity index (χ1v) is 2.63. The summed E-state index contributed by atoms with van der Waals surface area (Å²) in [6, 6.07) is 0. The van der Waals surface area contributed by atoms with E-state index >= 15 is 0 Å². The Kier molecular flexibility index (Phi) is 1.53. The van der Waals surface area contributed by atoms with Crippen LogP contribution in [0.2, 0.25) is 0 Å². The number of halogens is 1. The van der Waals surface area contributed by atoms with Crippen LogP contribution in [0, 0.1) is 12.2 Å². The molecular formula is C6H5Cl. The Hall–Kier alpha value is -0.230. The van der Waals surface area contributed by atoms with E-state index in [1.54, 1.807) is 6.08 Å². The molecule has 0 aliphatic heterocycles. The van der Waals surface area contributed by atoms with E-state index in [9.17, 15) is 0 Å². The summed E-state index contributed by atoms with van der Waals surface area (Å²) >= 11 is 5.60. The van der Waals surface area contributed by atoms with Gasteiger partial charge in [0.05, 0.1) is 5.38 Å². The van der Waals surface area contributed by atoms with Gasteiger partial charge < -0.3 is 0 Å². The van der Waals surface area contributed by atoms with Gasteiger partial charge in [0, 0.05) is 0 Å². The monoisotopic (exact) mass is 112 g/mol. The van der Waals surface area contributed by atoms with Crippen LogP contribution >= 0.6 is 11.6 Å². The molecule has 0 nitrogen and oxygen atoms in total. The van der Waals surface area contributed by atoms with Gasteiger partial charge in [0.1, 0.15) is 0 Å². The summed E-state index contributed by atoms with van der Waals surface area (Å²) in [7, 11) is 0. The smallest absolute Gasteiger partial charge is 0.0623 e. The second kappa shape index (κ2) is 2.17. The first kappa shape index (κ1) is 4.92. The maximum Gasteiger partial charge on any atom is 0.0623 e. The van der Waals surface area contributed by atoms with E-state index in [1.807, 2.05) is 6.08 Å². The summed E-state index contributed by atoms with van der Waals surface area (Å²) in [5.74, 6) is 0. The molecule has 0 fully saturated rings. The normalized spacial score (nSPS) is 28.4. The summed E-state index contributed by atoms with van der Waals surface area (Å²) in [5.41, 5.74) is 0. The average molecular weight is 113 g/mol. The average Bonchev–Trinajstić information content (AvgIpc) is 1.69. The number of allylic oxidation sites excluding steroid dienone is 4. The van der Waals surface area contributed by atoms with Crippen molar-refractivity contribution in [3.05, 3.63) is 24.3 Å². The molecule has 0 spiro atoms. The maximum absolute atomic E-state index is 5.60. The zero-order valence-corrected chi connectivity index (χ0v) is 4.57. The molecule has 0 aromatic heterocycles. The standard InChI is InChI=1S/C6H5Cl/c7-6-4-2-1-3-5-6/h2-3,6H,4H2. The van der Waals surface area contributed by atoms with Crippen molar-refractivity contribution in [2.75, 3.05) is 0 Å². The summed E-state index contributed by atoms with van der Waals surface area (Å²) in [6.45, 7) is 0. The van der Waals surface area contributed by atoms with Crippen LogP contribution in [-0.4, -0.2) is 5.38 Å². The van der Waals surface area contributed by atoms with Crippen molar-refractivity contribution >= 4 is 11.6 Å². The van der Waals surface area contributed by atoms with Gasteiger partial charge in [-0.25, -0.2) is 0 Å². The fourth-order valence-electron chi connectivity index (χ4n) is 0.437. The van der Waals surface area contributed by atoms with Gasteiger partial charge in [0.15, 0.2) is 0 Å². The van der Waals surface area contributed by atoms with E-state index < -0.39 is 0 Å². The second-order valence-corrected chi connectivity index (χ2v) is 1.91. The van der Waals surface area contributed by atoms with Crippen LogP contribution in [0.1, 0.15) is 6.42 Å². The number of rotatable bonds is 0. The van der Waals surface area contributed by atoms with Crippen LogP contribution in [0.25, 0.3) is 0 Å². The molecule has 1 unspecified atom stereocenters. The van der Waals surface area contributed by atoms with Crippen LogP contribution in [-0.2, 0) is 0 Å². The summed E-state index contributed by atoms with van der Waals surface area (Å²) in [5, 5.41) is 0.0845. The Morgan fingerprint density at radius 2 is 2.57 bits per heavy atom. The molecule has 1 aliphatic rings. The molecule has 1 aliphatic carbocycles. The van der Waals surface area contributed by atoms with Crippen LogP contribution < -0.4 is 0 Å². The van der Waals surface area contributed by atoms with Gasteiger partial charge in [-0.15, -0.1) is 11.6 Å². The SMILES string of the molecule is ClC1[C]=C[C]=CC1. The molecule has 0 aromatic carbocycles. The lowest BCUT2D eigenvalue weighted by Gasteiger charge is -1.98. The largest absolute Gasteiger partial charge is 0.117 e. The minimum atomic E-state index is 0.0845. The van der Waals surface area contributed by atoms with Crippen molar-refractivity contribution in [3.8, 4) is 0 Å². The van der Waals surface area contributed by atoms with Crippen molar-refractivity contribution in [1.82, 2.24) is 0 Å². The first-order chi connectivity index (χ1) is 3.39. The van der Waals surface area contributed by atoms with E-state index in [0.29, 0.717) is 0 Å². The number of hydrogen-bond acceptors (Lipinski definition) is 0. The lowest BCUT2D eigenvalue weighted by atomic mass is 10.2. The molecule has 1 heteroatoms. The van der Waals surface area contributed by atoms with Gasteiger partial charge >= 0.3 is 0 Å². The second-order valence-electron chi connectivity index (χ2n) is 1.39. The summed E-state index contributed by atoms with van der Waals surface area (Å²) in [6.07, 6.45) is 10.3. The Morgan fingerprint density at radius 1 is 1.71 bits per heavy atom. The fraction of sp³-hybridized carbons (Fsp3) is 0.333. The summed E-state index contributed by atoms with van der Waals surface area (Å²) in [4.78, 5) is 0. The van der Waals surface area contributed by atoms with E-state index in [1.165, 1.54) is 0 Å². The van der Waals surface area contributed by atoms with E-state index in [4.69, 9.17) is 11.6 Å². The first-order valence-electron chi connectivity index (χ1n) is 2.19. The number of hydrogen-bond donors (Lipinski definition) is 0. The third kappa shape index (κ3) is 1.36. The van der Waals surface area contributed by atoms with Gasteiger partial charge in [0.25, 0.3) is 0 Å². The van der Waals surface area contributed by atoms with Gasteiger partial charge in [-0.1, -0.05) is 6.08 Å².